The fourth-order valence-electron chi connectivity index (χ4n) is 3.98. The highest BCUT2D eigenvalue weighted by atomic mass is 35.5. The summed E-state index contributed by atoms with van der Waals surface area (Å²) in [4.78, 5) is 11.8. The zero-order valence-electron chi connectivity index (χ0n) is 18.8. The van der Waals surface area contributed by atoms with Crippen molar-refractivity contribution in [3.8, 4) is 23.1 Å². The molecule has 1 aromatic carbocycles. The number of fused-ring (bicyclic) bond motifs is 1. The van der Waals surface area contributed by atoms with Gasteiger partial charge in [-0.25, -0.2) is 9.97 Å². The second-order valence-electron chi connectivity index (χ2n) is 7.80. The molecule has 1 aliphatic heterocycles. The number of rotatable bonds is 10. The number of nitriles is 1. The summed E-state index contributed by atoms with van der Waals surface area (Å²) < 4.78 is 13.5. The second kappa shape index (κ2) is 11.8. The smallest absolute Gasteiger partial charge is 0.189 e. The molecule has 0 radical (unpaired) electrons. The molecule has 3 aromatic rings. The van der Waals surface area contributed by atoms with Crippen LogP contribution in [-0.2, 0) is 11.5 Å². The number of nitrogens with zero attached hydrogens (tertiary/aromatic N) is 5. The molecule has 0 bridgehead atoms. The van der Waals surface area contributed by atoms with E-state index in [1.807, 2.05) is 6.26 Å². The van der Waals surface area contributed by atoms with Gasteiger partial charge in [0.1, 0.15) is 30.8 Å². The van der Waals surface area contributed by atoms with Crippen molar-refractivity contribution in [2.24, 2.45) is 0 Å². The average Bonchev–Trinajstić information content (AvgIpc) is 3.48. The molecule has 2 aromatic heterocycles. The van der Waals surface area contributed by atoms with Crippen molar-refractivity contribution in [1.82, 2.24) is 19.4 Å². The molecule has 1 saturated heterocycles. The van der Waals surface area contributed by atoms with Crippen molar-refractivity contribution in [3.05, 3.63) is 33.9 Å². The lowest BCUT2D eigenvalue weighted by Gasteiger charge is -2.16. The normalized spacial score (nSPS) is 14.1. The summed E-state index contributed by atoms with van der Waals surface area (Å²) in [5.74, 6) is 1.13. The molecule has 7 nitrogen and oxygen atoms in total. The maximum absolute atomic E-state index is 9.85. The summed E-state index contributed by atoms with van der Waals surface area (Å²) in [6.45, 7) is 4.31. The quantitative estimate of drug-likeness (QED) is 0.161. The van der Waals surface area contributed by atoms with Crippen LogP contribution in [0.4, 0.5) is 0 Å². The van der Waals surface area contributed by atoms with E-state index >= 15 is 0 Å². The Morgan fingerprint density at radius 3 is 2.68 bits per heavy atom. The first-order valence-corrected chi connectivity index (χ1v) is 13.5. The van der Waals surface area contributed by atoms with Crippen LogP contribution in [0, 0.1) is 11.3 Å². The van der Waals surface area contributed by atoms with Gasteiger partial charge in [0.05, 0.1) is 33.3 Å². The predicted molar refractivity (Wildman–Crippen MR) is 140 cm³/mol. The molecule has 180 valence electrons. The summed E-state index contributed by atoms with van der Waals surface area (Å²) in [6.07, 6.45) is 6.09. The fraction of sp³-hybridized carbons (Fsp3) is 0.435. The van der Waals surface area contributed by atoms with E-state index in [1.54, 1.807) is 22.9 Å². The number of thioether (sulfide) groups is 1. The summed E-state index contributed by atoms with van der Waals surface area (Å²) in [6, 6.07) is 5.72. The lowest BCUT2D eigenvalue weighted by Crippen LogP contribution is -2.25. The lowest BCUT2D eigenvalue weighted by atomic mass is 10.1. The van der Waals surface area contributed by atoms with E-state index in [2.05, 4.69) is 28.6 Å². The van der Waals surface area contributed by atoms with E-state index in [0.717, 1.165) is 19.6 Å². The van der Waals surface area contributed by atoms with Gasteiger partial charge >= 0.3 is 0 Å². The Balaban J connectivity index is 1.75. The van der Waals surface area contributed by atoms with Crippen LogP contribution in [-0.4, -0.2) is 64.3 Å². The molecular weight excluding hydrogens is 513 g/mol. The highest BCUT2D eigenvalue weighted by molar-refractivity contribution is 7.98. The van der Waals surface area contributed by atoms with Crippen molar-refractivity contribution in [2.75, 3.05) is 44.9 Å². The monoisotopic (exact) mass is 537 g/mol. The molecule has 11 heteroatoms. The number of thiol groups is 1. The first-order valence-electron chi connectivity index (χ1n) is 10.9. The van der Waals surface area contributed by atoms with Crippen LogP contribution in [0.5, 0.6) is 5.75 Å². The number of hydrogen-bond donors (Lipinski definition) is 1. The zero-order chi connectivity index (χ0) is 24.1. The summed E-state index contributed by atoms with van der Waals surface area (Å²) in [5.41, 5.74) is 2.24. The van der Waals surface area contributed by atoms with Crippen molar-refractivity contribution >= 4 is 58.6 Å². The Hall–Kier alpha value is -1.67. The van der Waals surface area contributed by atoms with Gasteiger partial charge in [0.2, 0.25) is 0 Å². The van der Waals surface area contributed by atoms with Crippen molar-refractivity contribution < 1.29 is 9.47 Å². The van der Waals surface area contributed by atoms with Crippen LogP contribution < -0.4 is 4.74 Å². The van der Waals surface area contributed by atoms with E-state index < -0.39 is 0 Å². The van der Waals surface area contributed by atoms with Crippen LogP contribution >= 0.6 is 47.6 Å². The van der Waals surface area contributed by atoms with Gasteiger partial charge < -0.3 is 14.0 Å². The molecule has 0 aliphatic carbocycles. The first kappa shape index (κ1) is 25.4. The lowest BCUT2D eigenvalue weighted by molar-refractivity contribution is 0.0927. The van der Waals surface area contributed by atoms with Crippen molar-refractivity contribution in [1.29, 1.82) is 5.26 Å². The van der Waals surface area contributed by atoms with Gasteiger partial charge in [-0.05, 0) is 44.3 Å². The number of benzene rings is 1. The molecule has 4 rings (SSSR count). The minimum absolute atomic E-state index is 0.252. The third-order valence-corrected chi connectivity index (χ3v) is 6.94. The maximum Gasteiger partial charge on any atom is 0.189 e. The van der Waals surface area contributed by atoms with Gasteiger partial charge in [-0.1, -0.05) is 35.0 Å². The van der Waals surface area contributed by atoms with Gasteiger partial charge in [0.25, 0.3) is 0 Å². The Bertz CT molecular complexity index is 1210. The van der Waals surface area contributed by atoms with Crippen LogP contribution in [0.2, 0.25) is 10.0 Å². The second-order valence-corrected chi connectivity index (χ2v) is 9.84. The van der Waals surface area contributed by atoms with Crippen molar-refractivity contribution in [3.63, 3.8) is 0 Å². The predicted octanol–water partition coefficient (Wildman–Crippen LogP) is 5.38. The molecular formula is C23H25Cl2N5O2S2. The van der Waals surface area contributed by atoms with Gasteiger partial charge in [-0.2, -0.15) is 17.9 Å². The SMILES string of the molecule is CSc1nc(-c2cc(OCCN3CCCC3)c(Cl)cc2Cl)c2c(C#N)cn(COCCS)c2n1. The Kier molecular flexibility index (Phi) is 8.86. The summed E-state index contributed by atoms with van der Waals surface area (Å²) in [7, 11) is 0. The number of halogens is 2. The number of hydrogen-bond acceptors (Lipinski definition) is 8. The summed E-state index contributed by atoms with van der Waals surface area (Å²) >= 11 is 18.7. The zero-order valence-corrected chi connectivity index (χ0v) is 22.0. The number of aromatic nitrogens is 3. The van der Waals surface area contributed by atoms with E-state index in [1.165, 1.54) is 24.6 Å². The number of likely N-dealkylation sites (tertiary alicyclic amines) is 1. The van der Waals surface area contributed by atoms with Gasteiger partial charge in [-0.3, -0.25) is 4.90 Å². The standard InChI is InChI=1S/C23H25Cl2N5O2S2/c1-34-23-27-21(20-15(12-26)13-30(22(20)28-23)14-31-8-9-33)16-10-19(18(25)11-17(16)24)32-7-6-29-4-2-3-5-29/h10-11,13,33H,2-9,14H2,1H3. The number of ether oxygens (including phenoxy) is 2. The van der Waals surface area contributed by atoms with E-state index in [-0.39, 0.29) is 6.73 Å². The molecule has 0 atom stereocenters. The van der Waals surface area contributed by atoms with Gasteiger partial charge in [0.15, 0.2) is 5.16 Å². The Labute approximate surface area is 218 Å². The third-order valence-electron chi connectivity index (χ3n) is 5.61. The highest BCUT2D eigenvalue weighted by Crippen LogP contribution is 2.40. The van der Waals surface area contributed by atoms with E-state index in [4.69, 9.17) is 37.7 Å². The van der Waals surface area contributed by atoms with Gasteiger partial charge in [0, 0.05) is 24.1 Å². The largest absolute Gasteiger partial charge is 0.491 e. The van der Waals surface area contributed by atoms with Crippen molar-refractivity contribution in [2.45, 2.75) is 24.7 Å². The summed E-state index contributed by atoms with van der Waals surface area (Å²) in [5, 5.41) is 11.9. The van der Waals surface area contributed by atoms with E-state index in [9.17, 15) is 5.26 Å². The Morgan fingerprint density at radius 1 is 1.18 bits per heavy atom. The third kappa shape index (κ3) is 5.59. The average molecular weight is 539 g/mol. The highest BCUT2D eigenvalue weighted by Gasteiger charge is 2.22. The molecule has 0 saturated carbocycles. The molecule has 0 unspecified atom stereocenters. The maximum atomic E-state index is 9.85. The van der Waals surface area contributed by atoms with Crippen LogP contribution in [0.25, 0.3) is 22.3 Å². The van der Waals surface area contributed by atoms with Crippen LogP contribution in [0.1, 0.15) is 18.4 Å². The molecule has 1 fully saturated rings. The molecule has 0 amide bonds. The topological polar surface area (TPSA) is 76.2 Å². The Morgan fingerprint density at radius 2 is 1.97 bits per heavy atom. The fourth-order valence-corrected chi connectivity index (χ4v) is 4.99. The van der Waals surface area contributed by atoms with Crippen LogP contribution in [0.3, 0.4) is 0 Å². The first-order chi connectivity index (χ1) is 16.5. The van der Waals surface area contributed by atoms with Gasteiger partial charge in [-0.15, -0.1) is 0 Å². The molecule has 0 N–H and O–H groups in total. The molecule has 3 heterocycles. The minimum Gasteiger partial charge on any atom is -0.491 e. The van der Waals surface area contributed by atoms with Crippen LogP contribution in [0.15, 0.2) is 23.5 Å². The van der Waals surface area contributed by atoms with E-state index in [0.29, 0.717) is 67.8 Å². The molecule has 1 aliphatic rings. The molecule has 34 heavy (non-hydrogen) atoms. The molecule has 0 spiro atoms. The minimum atomic E-state index is 0.252.